The van der Waals surface area contributed by atoms with E-state index in [0.29, 0.717) is 30.3 Å². The van der Waals surface area contributed by atoms with Crippen LogP contribution in [0.15, 0.2) is 48.5 Å². The van der Waals surface area contributed by atoms with Crippen LogP contribution < -0.4 is 5.32 Å². The van der Waals surface area contributed by atoms with Gasteiger partial charge in [0.25, 0.3) is 5.91 Å². The van der Waals surface area contributed by atoms with E-state index in [1.54, 1.807) is 4.90 Å². The second-order valence-electron chi connectivity index (χ2n) is 7.91. The zero-order chi connectivity index (χ0) is 21.3. The van der Waals surface area contributed by atoms with Crippen molar-refractivity contribution in [1.29, 1.82) is 0 Å². The molecule has 0 spiro atoms. The fraction of sp³-hybridized carbons (Fsp3) is 0.304. The summed E-state index contributed by atoms with van der Waals surface area (Å²) in [6.45, 7) is 6.34. The smallest absolute Gasteiger partial charge is 0.253 e. The molecule has 7 heteroatoms. The Balaban J connectivity index is 1.60. The molecule has 2 N–H and O–H groups in total. The lowest BCUT2D eigenvalue weighted by atomic mass is 10.0. The average molecular weight is 403 g/mol. The number of nitrogens with one attached hydrogen (secondary N) is 2. The van der Waals surface area contributed by atoms with Gasteiger partial charge in [0.15, 0.2) is 5.82 Å². The van der Waals surface area contributed by atoms with Crippen LogP contribution in [0.2, 0.25) is 0 Å². The number of nitrogens with zero attached hydrogens (tertiary/aromatic N) is 3. The van der Waals surface area contributed by atoms with Gasteiger partial charge in [0.05, 0.1) is 12.0 Å². The van der Waals surface area contributed by atoms with Crippen LogP contribution >= 0.6 is 0 Å². The molecule has 0 bridgehead atoms. The Bertz CT molecular complexity index is 1060. The Morgan fingerprint density at radius 1 is 1.07 bits per heavy atom. The Morgan fingerprint density at radius 3 is 2.43 bits per heavy atom. The average Bonchev–Trinajstić information content (AvgIpc) is 3.34. The van der Waals surface area contributed by atoms with Crippen molar-refractivity contribution in [1.82, 2.24) is 25.4 Å². The number of hydrogen-bond acceptors (Lipinski definition) is 4. The highest BCUT2D eigenvalue weighted by Gasteiger charge is 2.39. The molecule has 0 saturated carbocycles. The summed E-state index contributed by atoms with van der Waals surface area (Å²) in [6, 6.07) is 15.3. The van der Waals surface area contributed by atoms with Gasteiger partial charge in [0, 0.05) is 31.1 Å². The number of aromatic nitrogens is 3. The van der Waals surface area contributed by atoms with Crippen LogP contribution in [-0.4, -0.2) is 51.0 Å². The molecule has 1 saturated heterocycles. The molecule has 0 unspecified atom stereocenters. The predicted octanol–water partition coefficient (Wildman–Crippen LogP) is 2.83. The van der Waals surface area contributed by atoms with Crippen molar-refractivity contribution < 1.29 is 9.59 Å². The van der Waals surface area contributed by atoms with Gasteiger partial charge >= 0.3 is 0 Å². The van der Waals surface area contributed by atoms with Crippen molar-refractivity contribution in [3.05, 3.63) is 71.0 Å². The van der Waals surface area contributed by atoms with E-state index in [1.165, 1.54) is 6.92 Å². The number of amides is 2. The first-order valence-corrected chi connectivity index (χ1v) is 10.0. The van der Waals surface area contributed by atoms with Crippen molar-refractivity contribution in [2.24, 2.45) is 0 Å². The molecular formula is C23H25N5O2. The van der Waals surface area contributed by atoms with Gasteiger partial charge in [0.2, 0.25) is 5.91 Å². The normalized spacial score (nSPS) is 18.4. The highest BCUT2D eigenvalue weighted by atomic mass is 16.2. The lowest BCUT2D eigenvalue weighted by molar-refractivity contribution is -0.119. The van der Waals surface area contributed by atoms with Gasteiger partial charge in [-0.3, -0.25) is 14.7 Å². The summed E-state index contributed by atoms with van der Waals surface area (Å²) in [5, 5.41) is 10.3. The summed E-state index contributed by atoms with van der Waals surface area (Å²) in [5.74, 6) is 0.944. The number of likely N-dealkylation sites (tertiary alicyclic amines) is 1. The van der Waals surface area contributed by atoms with E-state index >= 15 is 0 Å². The molecule has 0 aliphatic carbocycles. The zero-order valence-electron chi connectivity index (χ0n) is 17.3. The molecule has 2 aromatic carbocycles. The topological polar surface area (TPSA) is 91.0 Å². The molecule has 1 aliphatic rings. The minimum Gasteiger partial charge on any atom is -0.351 e. The second-order valence-corrected chi connectivity index (χ2v) is 7.91. The first kappa shape index (κ1) is 19.8. The maximum atomic E-state index is 13.2. The highest BCUT2D eigenvalue weighted by Crippen LogP contribution is 2.28. The molecule has 1 aromatic heterocycles. The lowest BCUT2D eigenvalue weighted by Crippen LogP contribution is -2.39. The molecule has 2 amide bonds. The number of H-pyrrole nitrogens is 1. The van der Waals surface area contributed by atoms with Crippen molar-refractivity contribution in [2.45, 2.75) is 32.7 Å². The quantitative estimate of drug-likeness (QED) is 0.701. The molecule has 7 nitrogen and oxygen atoms in total. The van der Waals surface area contributed by atoms with Gasteiger partial charge in [-0.2, -0.15) is 5.10 Å². The largest absolute Gasteiger partial charge is 0.351 e. The van der Waals surface area contributed by atoms with Crippen molar-refractivity contribution in [3.8, 4) is 11.4 Å². The molecule has 30 heavy (non-hydrogen) atoms. The van der Waals surface area contributed by atoms with Gasteiger partial charge in [-0.1, -0.05) is 47.5 Å². The van der Waals surface area contributed by atoms with Gasteiger partial charge in [-0.25, -0.2) is 4.98 Å². The lowest BCUT2D eigenvalue weighted by Gasteiger charge is -2.17. The molecule has 1 fully saturated rings. The van der Waals surface area contributed by atoms with Gasteiger partial charge < -0.3 is 10.2 Å². The van der Waals surface area contributed by atoms with Crippen LogP contribution in [-0.2, 0) is 4.79 Å². The third kappa shape index (κ3) is 4.10. The molecule has 0 radical (unpaired) electrons. The predicted molar refractivity (Wildman–Crippen MR) is 114 cm³/mol. The Morgan fingerprint density at radius 2 is 1.77 bits per heavy atom. The zero-order valence-corrected chi connectivity index (χ0v) is 17.3. The maximum absolute atomic E-state index is 13.2. The van der Waals surface area contributed by atoms with E-state index in [2.05, 4.69) is 20.5 Å². The highest BCUT2D eigenvalue weighted by molar-refractivity contribution is 5.95. The minimum absolute atomic E-state index is 0.0394. The van der Waals surface area contributed by atoms with E-state index in [1.807, 2.05) is 62.4 Å². The van der Waals surface area contributed by atoms with Crippen LogP contribution in [0.25, 0.3) is 11.4 Å². The Hall–Kier alpha value is -3.48. The van der Waals surface area contributed by atoms with Crippen LogP contribution in [0.5, 0.6) is 0 Å². The summed E-state index contributed by atoms with van der Waals surface area (Å²) in [7, 11) is 0. The van der Waals surface area contributed by atoms with E-state index < -0.39 is 0 Å². The van der Waals surface area contributed by atoms with E-state index in [4.69, 9.17) is 0 Å². The van der Waals surface area contributed by atoms with Gasteiger partial charge in [-0.15, -0.1) is 0 Å². The van der Waals surface area contributed by atoms with Crippen molar-refractivity contribution >= 4 is 11.8 Å². The molecular weight excluding hydrogens is 378 g/mol. The summed E-state index contributed by atoms with van der Waals surface area (Å²) in [6.07, 6.45) is 0. The molecule has 1 aliphatic heterocycles. The first-order valence-electron chi connectivity index (χ1n) is 10.0. The maximum Gasteiger partial charge on any atom is 0.253 e. The Kier molecular flexibility index (Phi) is 5.35. The number of rotatable bonds is 4. The second kappa shape index (κ2) is 8.10. The SMILES string of the molecule is CC(=O)N[C@@H]1CN(C(=O)c2cc(C)cc(C)c2)C[C@H]1c1nc(-c2ccccc2)n[nH]1. The monoisotopic (exact) mass is 403 g/mol. The van der Waals surface area contributed by atoms with Crippen LogP contribution in [0, 0.1) is 13.8 Å². The van der Waals surface area contributed by atoms with Crippen LogP contribution in [0.1, 0.15) is 40.2 Å². The molecule has 3 aromatic rings. The first-order chi connectivity index (χ1) is 14.4. The summed E-state index contributed by atoms with van der Waals surface area (Å²) in [5.41, 5.74) is 3.68. The Labute approximate surface area is 175 Å². The number of hydrogen-bond donors (Lipinski definition) is 2. The molecule has 2 atom stereocenters. The summed E-state index contributed by atoms with van der Waals surface area (Å²) in [4.78, 5) is 31.4. The summed E-state index contributed by atoms with van der Waals surface area (Å²) < 4.78 is 0. The van der Waals surface area contributed by atoms with Crippen LogP contribution in [0.4, 0.5) is 0 Å². The van der Waals surface area contributed by atoms with E-state index in [9.17, 15) is 9.59 Å². The molecule has 2 heterocycles. The standard InChI is InChI=1S/C23H25N5O2/c1-14-9-15(2)11-18(10-14)23(30)28-12-19(20(13-28)24-16(3)29)22-25-21(26-27-22)17-7-5-4-6-8-17/h4-11,19-20H,12-13H2,1-3H3,(H,24,29)(H,25,26,27)/t19-,20-/m1/s1. The van der Waals surface area contributed by atoms with Gasteiger partial charge in [-0.05, 0) is 26.0 Å². The van der Waals surface area contributed by atoms with Crippen molar-refractivity contribution in [2.75, 3.05) is 13.1 Å². The third-order valence-corrected chi connectivity index (χ3v) is 5.35. The summed E-state index contributed by atoms with van der Waals surface area (Å²) >= 11 is 0. The minimum atomic E-state index is -0.228. The number of aryl methyl sites for hydroxylation is 2. The van der Waals surface area contributed by atoms with Crippen molar-refractivity contribution in [3.63, 3.8) is 0 Å². The number of aromatic amines is 1. The van der Waals surface area contributed by atoms with E-state index in [0.717, 1.165) is 16.7 Å². The van der Waals surface area contributed by atoms with E-state index in [-0.39, 0.29) is 23.8 Å². The third-order valence-electron chi connectivity index (χ3n) is 5.35. The molecule has 154 valence electrons. The fourth-order valence-electron chi connectivity index (χ4n) is 4.09. The molecule has 4 rings (SSSR count). The fourth-order valence-corrected chi connectivity index (χ4v) is 4.09. The number of carbonyl (C=O) groups excluding carboxylic acids is 2. The van der Waals surface area contributed by atoms with Crippen LogP contribution in [0.3, 0.4) is 0 Å². The van der Waals surface area contributed by atoms with Gasteiger partial charge in [0.1, 0.15) is 5.82 Å². The number of carbonyl (C=O) groups is 2. The number of benzene rings is 2.